The highest BCUT2D eigenvalue weighted by Crippen LogP contribution is 2.18. The van der Waals surface area contributed by atoms with E-state index >= 15 is 0 Å². The Bertz CT molecular complexity index is 545. The van der Waals surface area contributed by atoms with Gasteiger partial charge in [0.2, 0.25) is 10.0 Å². The summed E-state index contributed by atoms with van der Waals surface area (Å²) in [4.78, 5) is 0.337. The van der Waals surface area contributed by atoms with Crippen molar-refractivity contribution in [2.45, 2.75) is 45.6 Å². The van der Waals surface area contributed by atoms with E-state index in [9.17, 15) is 8.42 Å². The van der Waals surface area contributed by atoms with Crippen molar-refractivity contribution in [2.24, 2.45) is 5.41 Å². The van der Waals surface area contributed by atoms with Crippen LogP contribution in [0.3, 0.4) is 0 Å². The van der Waals surface area contributed by atoms with Crippen LogP contribution in [0, 0.1) is 5.41 Å². The van der Waals surface area contributed by atoms with Gasteiger partial charge in [-0.2, -0.15) is 0 Å². The third-order valence-electron chi connectivity index (χ3n) is 3.03. The topological polar surface area (TPSA) is 58.2 Å². The monoisotopic (exact) mass is 298 g/mol. The van der Waals surface area contributed by atoms with Gasteiger partial charge in [-0.25, -0.2) is 13.1 Å². The maximum absolute atomic E-state index is 12.3. The van der Waals surface area contributed by atoms with Crippen LogP contribution in [-0.2, 0) is 23.0 Å². The molecule has 0 aromatic heterocycles. The smallest absolute Gasteiger partial charge is 0.240 e. The molecule has 0 aliphatic carbocycles. The Kier molecular flexibility index (Phi) is 5.74. The highest BCUT2D eigenvalue weighted by Gasteiger charge is 2.19. The molecule has 0 aliphatic rings. The van der Waals surface area contributed by atoms with Gasteiger partial charge in [0.25, 0.3) is 0 Å². The summed E-state index contributed by atoms with van der Waals surface area (Å²) in [6.07, 6.45) is 0.896. The summed E-state index contributed by atoms with van der Waals surface area (Å²) >= 11 is 0. The van der Waals surface area contributed by atoms with Crippen molar-refractivity contribution in [3.05, 3.63) is 29.3 Å². The first-order valence-electron chi connectivity index (χ1n) is 6.95. The predicted molar refractivity (Wildman–Crippen MR) is 83.2 cm³/mol. The Morgan fingerprint density at radius 2 is 1.80 bits per heavy atom. The van der Waals surface area contributed by atoms with Crippen LogP contribution in [0.2, 0.25) is 0 Å². The molecular weight excluding hydrogens is 272 g/mol. The number of benzene rings is 1. The summed E-state index contributed by atoms with van der Waals surface area (Å²) in [5.74, 6) is 0. The predicted octanol–water partition coefficient (Wildman–Crippen LogP) is 2.29. The molecule has 0 unspecified atom stereocenters. The molecule has 2 N–H and O–H groups in total. The second kappa shape index (κ2) is 6.70. The van der Waals surface area contributed by atoms with Crippen LogP contribution < -0.4 is 10.0 Å². The molecule has 1 rings (SSSR count). The van der Waals surface area contributed by atoms with E-state index < -0.39 is 10.0 Å². The number of nitrogens with one attached hydrogen (secondary N) is 2. The van der Waals surface area contributed by atoms with Gasteiger partial charge < -0.3 is 5.32 Å². The van der Waals surface area contributed by atoms with Gasteiger partial charge in [-0.3, -0.25) is 0 Å². The second-order valence-electron chi connectivity index (χ2n) is 6.20. The SMILES string of the molecule is CCc1ccc(S(=O)(=O)NCC(C)(C)C)cc1CNC. The fourth-order valence-electron chi connectivity index (χ4n) is 1.86. The van der Waals surface area contributed by atoms with Crippen LogP contribution in [-0.4, -0.2) is 22.0 Å². The Labute approximate surface area is 123 Å². The Balaban J connectivity index is 3.03. The molecule has 0 aliphatic heterocycles. The van der Waals surface area contributed by atoms with Crippen molar-refractivity contribution >= 4 is 10.0 Å². The molecule has 0 saturated heterocycles. The highest BCUT2D eigenvalue weighted by molar-refractivity contribution is 7.89. The molecule has 0 heterocycles. The summed E-state index contributed by atoms with van der Waals surface area (Å²) in [5.41, 5.74) is 2.13. The lowest BCUT2D eigenvalue weighted by Gasteiger charge is -2.19. The number of sulfonamides is 1. The Morgan fingerprint density at radius 1 is 1.15 bits per heavy atom. The maximum atomic E-state index is 12.3. The second-order valence-corrected chi connectivity index (χ2v) is 7.97. The minimum atomic E-state index is -3.44. The Morgan fingerprint density at radius 3 is 2.30 bits per heavy atom. The molecule has 1 aromatic carbocycles. The molecule has 20 heavy (non-hydrogen) atoms. The summed E-state index contributed by atoms with van der Waals surface area (Å²) in [6, 6.07) is 5.35. The largest absolute Gasteiger partial charge is 0.316 e. The van der Waals surface area contributed by atoms with Gasteiger partial charge in [0.05, 0.1) is 4.90 Å². The van der Waals surface area contributed by atoms with Crippen molar-refractivity contribution in [3.63, 3.8) is 0 Å². The van der Waals surface area contributed by atoms with E-state index in [-0.39, 0.29) is 5.41 Å². The van der Waals surface area contributed by atoms with Crippen molar-refractivity contribution < 1.29 is 8.42 Å². The van der Waals surface area contributed by atoms with Crippen LogP contribution in [0.15, 0.2) is 23.1 Å². The van der Waals surface area contributed by atoms with Crippen molar-refractivity contribution in [2.75, 3.05) is 13.6 Å². The van der Waals surface area contributed by atoms with Crippen LogP contribution >= 0.6 is 0 Å². The van der Waals surface area contributed by atoms with Crippen LogP contribution in [0.4, 0.5) is 0 Å². The third-order valence-corrected chi connectivity index (χ3v) is 4.43. The fourth-order valence-corrected chi connectivity index (χ4v) is 3.20. The Hall–Kier alpha value is -0.910. The molecule has 114 valence electrons. The van der Waals surface area contributed by atoms with E-state index in [1.165, 1.54) is 5.56 Å². The normalized spacial score (nSPS) is 12.7. The summed E-state index contributed by atoms with van der Waals surface area (Å²) in [7, 11) is -1.58. The fraction of sp³-hybridized carbons (Fsp3) is 0.600. The zero-order chi connectivity index (χ0) is 15.4. The zero-order valence-corrected chi connectivity index (χ0v) is 13.9. The third kappa shape index (κ3) is 4.89. The first kappa shape index (κ1) is 17.1. The van der Waals surface area contributed by atoms with E-state index in [1.807, 2.05) is 33.9 Å². The summed E-state index contributed by atoms with van der Waals surface area (Å²) < 4.78 is 27.3. The molecule has 1 aromatic rings. The minimum absolute atomic E-state index is 0.0791. The number of rotatable bonds is 6. The quantitative estimate of drug-likeness (QED) is 0.847. The molecule has 4 nitrogen and oxygen atoms in total. The van der Waals surface area contributed by atoms with E-state index in [2.05, 4.69) is 17.0 Å². The summed E-state index contributed by atoms with van der Waals surface area (Å²) in [5, 5.41) is 3.08. The van der Waals surface area contributed by atoms with Crippen LogP contribution in [0.1, 0.15) is 38.8 Å². The minimum Gasteiger partial charge on any atom is -0.316 e. The number of aryl methyl sites for hydroxylation is 1. The molecule has 0 bridgehead atoms. The molecular formula is C15H26N2O2S. The average molecular weight is 298 g/mol. The lowest BCUT2D eigenvalue weighted by Crippen LogP contribution is -2.32. The number of hydrogen-bond acceptors (Lipinski definition) is 3. The lowest BCUT2D eigenvalue weighted by atomic mass is 9.98. The van der Waals surface area contributed by atoms with Crippen molar-refractivity contribution in [1.82, 2.24) is 10.0 Å². The van der Waals surface area contributed by atoms with E-state index in [4.69, 9.17) is 0 Å². The molecule has 0 radical (unpaired) electrons. The lowest BCUT2D eigenvalue weighted by molar-refractivity contribution is 0.407. The standard InChI is InChI=1S/C15H26N2O2S/c1-6-12-7-8-14(9-13(12)10-16-5)20(18,19)17-11-15(2,3)4/h7-9,16-17H,6,10-11H2,1-5H3. The summed E-state index contributed by atoms with van der Waals surface area (Å²) in [6.45, 7) is 9.17. The van der Waals surface area contributed by atoms with E-state index in [0.717, 1.165) is 12.0 Å². The van der Waals surface area contributed by atoms with Gasteiger partial charge in [0.15, 0.2) is 0 Å². The van der Waals surface area contributed by atoms with E-state index in [1.54, 1.807) is 12.1 Å². The molecule has 5 heteroatoms. The van der Waals surface area contributed by atoms with Crippen molar-refractivity contribution in [3.8, 4) is 0 Å². The van der Waals surface area contributed by atoms with Gasteiger partial charge in [-0.05, 0) is 42.1 Å². The van der Waals surface area contributed by atoms with Gasteiger partial charge >= 0.3 is 0 Å². The first-order chi connectivity index (χ1) is 9.19. The van der Waals surface area contributed by atoms with Gasteiger partial charge in [0, 0.05) is 13.1 Å². The van der Waals surface area contributed by atoms with Crippen LogP contribution in [0.5, 0.6) is 0 Å². The first-order valence-corrected chi connectivity index (χ1v) is 8.44. The molecule has 0 saturated carbocycles. The van der Waals surface area contributed by atoms with Gasteiger partial charge in [-0.1, -0.05) is 33.8 Å². The zero-order valence-electron chi connectivity index (χ0n) is 13.1. The van der Waals surface area contributed by atoms with Crippen LogP contribution in [0.25, 0.3) is 0 Å². The maximum Gasteiger partial charge on any atom is 0.240 e. The number of hydrogen-bond donors (Lipinski definition) is 2. The highest BCUT2D eigenvalue weighted by atomic mass is 32.2. The van der Waals surface area contributed by atoms with Crippen molar-refractivity contribution in [1.29, 1.82) is 0 Å². The van der Waals surface area contributed by atoms with E-state index in [0.29, 0.717) is 18.0 Å². The molecule has 0 fully saturated rings. The van der Waals surface area contributed by atoms with Gasteiger partial charge in [0.1, 0.15) is 0 Å². The molecule has 0 amide bonds. The van der Waals surface area contributed by atoms with Gasteiger partial charge in [-0.15, -0.1) is 0 Å². The molecule has 0 spiro atoms. The average Bonchev–Trinajstić information content (AvgIpc) is 2.36. The molecule has 0 atom stereocenters.